The van der Waals surface area contributed by atoms with E-state index in [4.69, 9.17) is 4.98 Å². The molecule has 4 heterocycles. The number of hydrazine groups is 2. The summed E-state index contributed by atoms with van der Waals surface area (Å²) in [5.74, 6) is 0.831. The lowest BCUT2D eigenvalue weighted by Crippen LogP contribution is -2.35. The Labute approximate surface area is 172 Å². The number of carbonyl (C=O) groups is 1. The second-order valence-electron chi connectivity index (χ2n) is 7.48. The van der Waals surface area contributed by atoms with E-state index in [1.54, 1.807) is 6.20 Å². The number of amides is 1. The van der Waals surface area contributed by atoms with Crippen LogP contribution in [0.4, 0.5) is 11.5 Å². The zero-order valence-corrected chi connectivity index (χ0v) is 16.0. The predicted molar refractivity (Wildman–Crippen MR) is 116 cm³/mol. The Bertz CT molecular complexity index is 1320. The first-order valence-electron chi connectivity index (χ1n) is 9.80. The molecular weight excluding hydrogens is 376 g/mol. The molecule has 0 unspecified atom stereocenters. The van der Waals surface area contributed by atoms with Gasteiger partial charge in [0.05, 0.1) is 23.4 Å². The van der Waals surface area contributed by atoms with Gasteiger partial charge in [0.15, 0.2) is 5.82 Å². The van der Waals surface area contributed by atoms with Crippen molar-refractivity contribution in [2.45, 2.75) is 13.1 Å². The molecule has 2 aliphatic heterocycles. The highest BCUT2D eigenvalue weighted by atomic mass is 16.1. The van der Waals surface area contributed by atoms with Crippen LogP contribution < -0.4 is 21.3 Å². The van der Waals surface area contributed by atoms with Crippen LogP contribution in [0.5, 0.6) is 0 Å². The van der Waals surface area contributed by atoms with Crippen LogP contribution in [0.3, 0.4) is 0 Å². The van der Waals surface area contributed by atoms with Crippen molar-refractivity contribution < 1.29 is 4.79 Å². The van der Waals surface area contributed by atoms with E-state index in [1.165, 1.54) is 0 Å². The summed E-state index contributed by atoms with van der Waals surface area (Å²) in [7, 11) is 0. The van der Waals surface area contributed by atoms with Gasteiger partial charge in [0.1, 0.15) is 0 Å². The van der Waals surface area contributed by atoms with Gasteiger partial charge in [-0.3, -0.25) is 14.8 Å². The molecular formula is C23H18N6O. The molecule has 146 valence electrons. The minimum atomic E-state index is -0.0105. The Morgan fingerprint density at radius 1 is 1.03 bits per heavy atom. The number of benzene rings is 2. The van der Waals surface area contributed by atoms with Crippen LogP contribution in [0.15, 0.2) is 66.9 Å². The van der Waals surface area contributed by atoms with Crippen LogP contribution in [0.2, 0.25) is 0 Å². The normalized spacial score (nSPS) is 14.4. The van der Waals surface area contributed by atoms with Crippen LogP contribution in [0.1, 0.15) is 21.5 Å². The number of hydrogen-bond acceptors (Lipinski definition) is 6. The molecule has 0 saturated heterocycles. The first-order valence-corrected chi connectivity index (χ1v) is 9.80. The minimum absolute atomic E-state index is 0.0105. The highest BCUT2D eigenvalue weighted by molar-refractivity contribution is 5.98. The monoisotopic (exact) mass is 394 g/mol. The fraction of sp³-hybridized carbons (Fsp3) is 0.0870. The van der Waals surface area contributed by atoms with Gasteiger partial charge in [0.2, 0.25) is 0 Å². The Morgan fingerprint density at radius 2 is 2.00 bits per heavy atom. The first-order chi connectivity index (χ1) is 14.7. The van der Waals surface area contributed by atoms with Crippen LogP contribution in [-0.2, 0) is 13.1 Å². The van der Waals surface area contributed by atoms with Gasteiger partial charge in [-0.15, -0.1) is 5.53 Å². The van der Waals surface area contributed by atoms with Gasteiger partial charge >= 0.3 is 0 Å². The zero-order chi connectivity index (χ0) is 20.1. The van der Waals surface area contributed by atoms with Gasteiger partial charge in [0, 0.05) is 29.3 Å². The van der Waals surface area contributed by atoms with E-state index in [2.05, 4.69) is 39.5 Å². The Morgan fingerprint density at radius 3 is 2.97 bits per heavy atom. The molecule has 7 nitrogen and oxygen atoms in total. The first kappa shape index (κ1) is 16.9. The number of fused-ring (bicyclic) bond motifs is 3. The average Bonchev–Trinajstić information content (AvgIpc) is 3.36. The topological polar surface area (TPSA) is 82.2 Å². The third kappa shape index (κ3) is 2.75. The third-order valence-corrected chi connectivity index (χ3v) is 5.55. The van der Waals surface area contributed by atoms with E-state index in [0.717, 1.165) is 50.4 Å². The summed E-state index contributed by atoms with van der Waals surface area (Å²) in [6.07, 6.45) is 1.81. The maximum absolute atomic E-state index is 11.8. The lowest BCUT2D eigenvalue weighted by atomic mass is 10.0. The van der Waals surface area contributed by atoms with Crippen molar-refractivity contribution in [1.82, 2.24) is 20.8 Å². The number of nitrogens with one attached hydrogen (secondary N) is 3. The molecule has 0 aliphatic carbocycles. The second-order valence-corrected chi connectivity index (χ2v) is 7.48. The van der Waals surface area contributed by atoms with Crippen molar-refractivity contribution in [2.75, 3.05) is 10.4 Å². The summed E-state index contributed by atoms with van der Waals surface area (Å²) in [4.78, 5) is 21.1. The van der Waals surface area contributed by atoms with Crippen molar-refractivity contribution in [3.63, 3.8) is 0 Å². The SMILES string of the molecule is O=C1NCc2cc(-c3ccc4c(n3)N(Cc3ccc5ncccc5c3)NN4)ccc21. The standard InChI is InChI=1S/C23H18N6O/c30-23-18-5-4-16(11-17(18)12-25-23)20-7-8-21-22(26-20)29(28-27-21)13-14-3-6-19-15(10-14)2-1-9-24-19/h1-11,27-28H,12-13H2,(H,25,30). The number of carbonyl (C=O) groups excluding carboxylic acids is 1. The predicted octanol–water partition coefficient (Wildman–Crippen LogP) is 3.39. The minimum Gasteiger partial charge on any atom is -0.348 e. The molecule has 2 aromatic carbocycles. The van der Waals surface area contributed by atoms with Crippen LogP contribution in [0.25, 0.3) is 22.2 Å². The summed E-state index contributed by atoms with van der Waals surface area (Å²) in [5.41, 5.74) is 13.1. The lowest BCUT2D eigenvalue weighted by Gasteiger charge is -2.17. The fourth-order valence-corrected chi connectivity index (χ4v) is 4.01. The summed E-state index contributed by atoms with van der Waals surface area (Å²) in [6.45, 7) is 1.23. The van der Waals surface area contributed by atoms with E-state index < -0.39 is 0 Å². The van der Waals surface area contributed by atoms with Gasteiger partial charge < -0.3 is 10.7 Å². The van der Waals surface area contributed by atoms with Gasteiger partial charge in [-0.25, -0.2) is 4.98 Å². The molecule has 0 spiro atoms. The molecule has 0 atom stereocenters. The quantitative estimate of drug-likeness (QED) is 0.494. The smallest absolute Gasteiger partial charge is 0.251 e. The van der Waals surface area contributed by atoms with Crippen molar-refractivity contribution in [2.24, 2.45) is 0 Å². The molecule has 4 aromatic rings. The number of hydrogen-bond donors (Lipinski definition) is 3. The van der Waals surface area contributed by atoms with Crippen molar-refractivity contribution >= 4 is 28.3 Å². The Balaban J connectivity index is 1.32. The van der Waals surface area contributed by atoms with Gasteiger partial charge in [-0.05, 0) is 53.6 Å². The number of aromatic nitrogens is 2. The molecule has 30 heavy (non-hydrogen) atoms. The van der Waals surface area contributed by atoms with E-state index in [0.29, 0.717) is 13.1 Å². The van der Waals surface area contributed by atoms with E-state index >= 15 is 0 Å². The van der Waals surface area contributed by atoms with Crippen molar-refractivity contribution in [3.05, 3.63) is 83.6 Å². The molecule has 0 saturated carbocycles. The molecule has 7 heteroatoms. The highest BCUT2D eigenvalue weighted by Crippen LogP contribution is 2.32. The van der Waals surface area contributed by atoms with Crippen LogP contribution in [-0.4, -0.2) is 15.9 Å². The molecule has 0 fully saturated rings. The molecule has 1 amide bonds. The van der Waals surface area contributed by atoms with Crippen LogP contribution >= 0.6 is 0 Å². The molecule has 3 N–H and O–H groups in total. The number of nitrogens with zero attached hydrogens (tertiary/aromatic N) is 3. The Hall–Kier alpha value is -3.97. The fourth-order valence-electron chi connectivity index (χ4n) is 4.01. The number of anilines is 2. The number of pyridine rings is 2. The second kappa shape index (κ2) is 6.53. The van der Waals surface area contributed by atoms with E-state index in [9.17, 15) is 4.79 Å². The van der Waals surface area contributed by atoms with Gasteiger partial charge in [-0.1, -0.05) is 18.2 Å². The average molecular weight is 394 g/mol. The summed E-state index contributed by atoms with van der Waals surface area (Å²) < 4.78 is 0. The molecule has 0 bridgehead atoms. The highest BCUT2D eigenvalue weighted by Gasteiger charge is 2.23. The summed E-state index contributed by atoms with van der Waals surface area (Å²) in [6, 6.07) is 20.2. The van der Waals surface area contributed by atoms with Crippen molar-refractivity contribution in [3.8, 4) is 11.3 Å². The van der Waals surface area contributed by atoms with Gasteiger partial charge in [-0.2, -0.15) is 0 Å². The van der Waals surface area contributed by atoms with E-state index in [-0.39, 0.29) is 5.91 Å². The maximum atomic E-state index is 11.8. The molecule has 2 aromatic heterocycles. The molecule has 2 aliphatic rings. The maximum Gasteiger partial charge on any atom is 0.251 e. The van der Waals surface area contributed by atoms with Crippen LogP contribution in [0, 0.1) is 0 Å². The summed E-state index contributed by atoms with van der Waals surface area (Å²) >= 11 is 0. The third-order valence-electron chi connectivity index (χ3n) is 5.55. The molecule has 0 radical (unpaired) electrons. The van der Waals surface area contributed by atoms with Gasteiger partial charge in [0.25, 0.3) is 5.91 Å². The number of rotatable bonds is 3. The molecule has 6 rings (SSSR count). The van der Waals surface area contributed by atoms with E-state index in [1.807, 2.05) is 47.5 Å². The zero-order valence-electron chi connectivity index (χ0n) is 16.0. The summed E-state index contributed by atoms with van der Waals surface area (Å²) in [5, 5.41) is 5.97. The Kier molecular flexibility index (Phi) is 3.69. The van der Waals surface area contributed by atoms with Crippen molar-refractivity contribution in [1.29, 1.82) is 0 Å². The lowest BCUT2D eigenvalue weighted by molar-refractivity contribution is 0.0966. The largest absolute Gasteiger partial charge is 0.348 e.